The summed E-state index contributed by atoms with van der Waals surface area (Å²) in [5.74, 6) is -0.227. The highest BCUT2D eigenvalue weighted by molar-refractivity contribution is 5.86. The summed E-state index contributed by atoms with van der Waals surface area (Å²) in [6.07, 6.45) is 2.82. The van der Waals surface area contributed by atoms with Crippen molar-refractivity contribution in [3.8, 4) is 11.4 Å². The minimum atomic E-state index is -0.636. The Morgan fingerprint density at radius 2 is 2.08 bits per heavy atom. The molecule has 0 unspecified atom stereocenters. The molecule has 0 amide bonds. The third kappa shape index (κ3) is 3.81. The second-order valence-electron chi connectivity index (χ2n) is 5.06. The lowest BCUT2D eigenvalue weighted by molar-refractivity contribution is -0.138. The van der Waals surface area contributed by atoms with Gasteiger partial charge < -0.3 is 14.2 Å². The molecule has 1 aromatic heterocycles. The van der Waals surface area contributed by atoms with Crippen molar-refractivity contribution in [1.29, 1.82) is 0 Å². The molecule has 0 bridgehead atoms. The Balaban J connectivity index is 2.35. The maximum atomic E-state index is 11.7. The third-order valence-corrected chi connectivity index (χ3v) is 3.16. The first-order valence-electron chi connectivity index (χ1n) is 7.14. The number of ether oxygens (including phenoxy) is 3. The van der Waals surface area contributed by atoms with Gasteiger partial charge in [0.15, 0.2) is 0 Å². The van der Waals surface area contributed by atoms with Gasteiger partial charge in [0.1, 0.15) is 17.7 Å². The highest BCUT2D eigenvalue weighted by Gasteiger charge is 2.15. The predicted octanol–water partition coefficient (Wildman–Crippen LogP) is 2.65. The van der Waals surface area contributed by atoms with Crippen LogP contribution in [0.15, 0.2) is 43.0 Å². The van der Waals surface area contributed by atoms with Crippen LogP contribution in [-0.4, -0.2) is 35.2 Å². The summed E-state index contributed by atoms with van der Waals surface area (Å²) in [4.78, 5) is 13.2. The molecule has 126 valence electrons. The normalized spacial score (nSPS) is 11.1. The van der Waals surface area contributed by atoms with E-state index >= 15 is 0 Å². The summed E-state index contributed by atoms with van der Waals surface area (Å²) in [6.45, 7) is 7.55. The highest BCUT2D eigenvalue weighted by Crippen LogP contribution is 2.24. The monoisotopic (exact) mass is 329 g/mol. The first-order valence-corrected chi connectivity index (χ1v) is 7.14. The summed E-state index contributed by atoms with van der Waals surface area (Å²) in [5.41, 5.74) is 3.04. The van der Waals surface area contributed by atoms with Crippen LogP contribution in [0.1, 0.15) is 18.2 Å². The molecule has 0 spiro atoms. The van der Waals surface area contributed by atoms with Crippen molar-refractivity contribution in [2.24, 2.45) is 0 Å². The number of carbonyl (C=O) groups excluding carboxylic acids is 1. The van der Waals surface area contributed by atoms with Gasteiger partial charge in [-0.1, -0.05) is 12.6 Å². The van der Waals surface area contributed by atoms with Gasteiger partial charge in [-0.15, -0.1) is 5.10 Å². The molecular formula is C17H19N3O4. The first kappa shape index (κ1) is 17.3. The topological polar surface area (TPSA) is 75.5 Å². The minimum absolute atomic E-state index is 0.0590. The van der Waals surface area contributed by atoms with E-state index in [-0.39, 0.29) is 5.76 Å². The Bertz CT molecular complexity index is 793. The van der Waals surface area contributed by atoms with E-state index in [9.17, 15) is 4.79 Å². The van der Waals surface area contributed by atoms with Gasteiger partial charge in [0.25, 0.3) is 0 Å². The van der Waals surface area contributed by atoms with E-state index in [0.717, 1.165) is 11.1 Å². The lowest BCUT2D eigenvalue weighted by atomic mass is 10.2. The lowest BCUT2D eigenvalue weighted by Crippen LogP contribution is -2.12. The van der Waals surface area contributed by atoms with Gasteiger partial charge in [-0.25, -0.2) is 4.79 Å². The van der Waals surface area contributed by atoms with E-state index in [1.54, 1.807) is 12.3 Å². The van der Waals surface area contributed by atoms with Gasteiger partial charge in [0.05, 0.1) is 26.1 Å². The number of methoxy groups -OCH3 is 2. The van der Waals surface area contributed by atoms with Crippen LogP contribution in [0.4, 0.5) is 0 Å². The SMILES string of the molecule is C=C(C)c1cnn(-c2ccc(C)c(O/C(=C\OC)C(=O)OC)c2)n1. The number of aryl methyl sites for hydroxylation is 1. The van der Waals surface area contributed by atoms with Crippen molar-refractivity contribution in [3.05, 3.63) is 54.3 Å². The molecule has 0 aliphatic rings. The number of hydrogen-bond acceptors (Lipinski definition) is 6. The summed E-state index contributed by atoms with van der Waals surface area (Å²) in [7, 11) is 2.69. The molecule has 0 saturated heterocycles. The molecule has 0 atom stereocenters. The van der Waals surface area contributed by atoms with Crippen LogP contribution in [0.5, 0.6) is 5.75 Å². The zero-order valence-corrected chi connectivity index (χ0v) is 14.1. The number of allylic oxidation sites excluding steroid dienone is 1. The van der Waals surface area contributed by atoms with E-state index in [4.69, 9.17) is 9.47 Å². The summed E-state index contributed by atoms with van der Waals surface area (Å²) in [6, 6.07) is 5.42. The van der Waals surface area contributed by atoms with E-state index in [1.165, 1.54) is 25.3 Å². The molecule has 7 nitrogen and oxygen atoms in total. The third-order valence-electron chi connectivity index (χ3n) is 3.16. The Morgan fingerprint density at radius 3 is 2.67 bits per heavy atom. The van der Waals surface area contributed by atoms with E-state index in [2.05, 4.69) is 21.5 Å². The average Bonchev–Trinajstić information content (AvgIpc) is 3.06. The molecule has 0 saturated carbocycles. The Hall–Kier alpha value is -3.09. The Labute approximate surface area is 140 Å². The molecule has 7 heteroatoms. The molecule has 0 fully saturated rings. The molecule has 1 heterocycles. The molecule has 0 N–H and O–H groups in total. The molecule has 0 radical (unpaired) electrons. The Morgan fingerprint density at radius 1 is 1.33 bits per heavy atom. The fourth-order valence-corrected chi connectivity index (χ4v) is 1.85. The van der Waals surface area contributed by atoms with Gasteiger partial charge in [0.2, 0.25) is 5.76 Å². The molecule has 0 aliphatic carbocycles. The number of hydrogen-bond donors (Lipinski definition) is 0. The van der Waals surface area contributed by atoms with Crippen molar-refractivity contribution < 1.29 is 19.0 Å². The van der Waals surface area contributed by atoms with Crippen molar-refractivity contribution in [2.75, 3.05) is 14.2 Å². The molecule has 2 rings (SSSR count). The number of rotatable bonds is 6. The van der Waals surface area contributed by atoms with Crippen LogP contribution >= 0.6 is 0 Å². The molecule has 1 aromatic carbocycles. The lowest BCUT2D eigenvalue weighted by Gasteiger charge is -2.11. The second-order valence-corrected chi connectivity index (χ2v) is 5.06. The van der Waals surface area contributed by atoms with Crippen LogP contribution in [-0.2, 0) is 14.3 Å². The maximum Gasteiger partial charge on any atom is 0.377 e. The average molecular weight is 329 g/mol. The molecule has 24 heavy (non-hydrogen) atoms. The van der Waals surface area contributed by atoms with Gasteiger partial charge in [-0.2, -0.15) is 9.90 Å². The van der Waals surface area contributed by atoms with Gasteiger partial charge in [0, 0.05) is 6.07 Å². The van der Waals surface area contributed by atoms with Crippen molar-refractivity contribution in [3.63, 3.8) is 0 Å². The van der Waals surface area contributed by atoms with Crippen LogP contribution < -0.4 is 4.74 Å². The van der Waals surface area contributed by atoms with Crippen LogP contribution in [0.3, 0.4) is 0 Å². The number of benzene rings is 1. The molecular weight excluding hydrogens is 310 g/mol. The summed E-state index contributed by atoms with van der Waals surface area (Å²) < 4.78 is 15.2. The zero-order chi connectivity index (χ0) is 17.7. The number of aromatic nitrogens is 3. The van der Waals surface area contributed by atoms with Crippen LogP contribution in [0.2, 0.25) is 0 Å². The van der Waals surface area contributed by atoms with Gasteiger partial charge >= 0.3 is 5.97 Å². The van der Waals surface area contributed by atoms with Gasteiger partial charge in [-0.05, 0) is 31.1 Å². The fourth-order valence-electron chi connectivity index (χ4n) is 1.85. The largest absolute Gasteiger partial charge is 0.500 e. The quantitative estimate of drug-likeness (QED) is 0.461. The van der Waals surface area contributed by atoms with Crippen LogP contribution in [0, 0.1) is 6.92 Å². The van der Waals surface area contributed by atoms with Crippen molar-refractivity contribution in [2.45, 2.75) is 13.8 Å². The summed E-state index contributed by atoms with van der Waals surface area (Å²) >= 11 is 0. The predicted molar refractivity (Wildman–Crippen MR) is 88.5 cm³/mol. The molecule has 2 aromatic rings. The van der Waals surface area contributed by atoms with E-state index in [1.807, 2.05) is 26.0 Å². The minimum Gasteiger partial charge on any atom is -0.500 e. The summed E-state index contributed by atoms with van der Waals surface area (Å²) in [5, 5.41) is 8.54. The van der Waals surface area contributed by atoms with Gasteiger partial charge in [-0.3, -0.25) is 0 Å². The van der Waals surface area contributed by atoms with E-state index < -0.39 is 5.97 Å². The standard InChI is InChI=1S/C17H19N3O4/c1-11(2)14-9-18-20(19-14)13-7-6-12(3)15(8-13)24-16(10-22-4)17(21)23-5/h6-10H,1H2,2-5H3/b16-10-. The second kappa shape index (κ2) is 7.45. The maximum absolute atomic E-state index is 11.7. The molecule has 0 aliphatic heterocycles. The highest BCUT2D eigenvalue weighted by atomic mass is 16.6. The van der Waals surface area contributed by atoms with Crippen molar-refractivity contribution in [1.82, 2.24) is 15.0 Å². The number of nitrogens with zero attached hydrogens (tertiary/aromatic N) is 3. The van der Waals surface area contributed by atoms with Crippen molar-refractivity contribution >= 4 is 11.5 Å². The van der Waals surface area contributed by atoms with Crippen LogP contribution in [0.25, 0.3) is 11.3 Å². The Kier molecular flexibility index (Phi) is 5.36. The smallest absolute Gasteiger partial charge is 0.377 e. The zero-order valence-electron chi connectivity index (χ0n) is 14.1. The first-order chi connectivity index (χ1) is 11.5. The fraction of sp³-hybridized carbons (Fsp3) is 0.235. The number of esters is 1. The number of carbonyl (C=O) groups is 1. The van der Waals surface area contributed by atoms with E-state index in [0.29, 0.717) is 17.1 Å².